The molecule has 1 aromatic carbocycles. The molecule has 0 saturated carbocycles. The maximum absolute atomic E-state index is 11.6. The van der Waals surface area contributed by atoms with E-state index in [0.29, 0.717) is 0 Å². The van der Waals surface area contributed by atoms with Crippen LogP contribution in [0.5, 0.6) is 0 Å². The molecule has 3 nitrogen and oxygen atoms in total. The van der Waals surface area contributed by atoms with Crippen molar-refractivity contribution in [3.63, 3.8) is 0 Å². The molecule has 15 heavy (non-hydrogen) atoms. The van der Waals surface area contributed by atoms with Crippen LogP contribution in [-0.4, -0.2) is 5.97 Å². The summed E-state index contributed by atoms with van der Waals surface area (Å²) in [6.07, 6.45) is 0. The summed E-state index contributed by atoms with van der Waals surface area (Å²) in [5, 5.41) is 0. The standard InChI is InChI=1S/C12H17NO2/c1-12(2,3)10(11(14)15-13)9-7-5-4-6-8-9/h4-8,10H,13H2,1-3H3. The SMILES string of the molecule is CC(C)(C)C(C(=O)ON)c1ccccc1. The van der Waals surface area contributed by atoms with Crippen LogP contribution >= 0.6 is 0 Å². The number of hydrogen-bond donors (Lipinski definition) is 1. The third kappa shape index (κ3) is 2.80. The second-order valence-corrected chi connectivity index (χ2v) is 4.65. The van der Waals surface area contributed by atoms with E-state index in [1.165, 1.54) is 0 Å². The second-order valence-electron chi connectivity index (χ2n) is 4.65. The minimum Gasteiger partial charge on any atom is -0.373 e. The molecule has 0 fully saturated rings. The molecule has 0 amide bonds. The Hall–Kier alpha value is -1.35. The van der Waals surface area contributed by atoms with Crippen LogP contribution in [0.1, 0.15) is 32.3 Å². The monoisotopic (exact) mass is 207 g/mol. The minimum absolute atomic E-state index is 0.211. The highest BCUT2D eigenvalue weighted by molar-refractivity contribution is 5.78. The fraction of sp³-hybridized carbons (Fsp3) is 0.417. The second kappa shape index (κ2) is 4.45. The molecule has 0 heterocycles. The number of carbonyl (C=O) groups excluding carboxylic acids is 1. The zero-order valence-electron chi connectivity index (χ0n) is 9.36. The van der Waals surface area contributed by atoms with Gasteiger partial charge in [0.2, 0.25) is 0 Å². The first-order chi connectivity index (χ1) is 6.96. The Bertz CT molecular complexity index is 327. The maximum Gasteiger partial charge on any atom is 0.332 e. The van der Waals surface area contributed by atoms with Crippen molar-refractivity contribution in [3.8, 4) is 0 Å². The highest BCUT2D eigenvalue weighted by Crippen LogP contribution is 2.35. The van der Waals surface area contributed by atoms with Gasteiger partial charge in [0.05, 0.1) is 5.92 Å². The molecule has 3 heteroatoms. The van der Waals surface area contributed by atoms with E-state index in [0.717, 1.165) is 5.56 Å². The maximum atomic E-state index is 11.6. The molecule has 0 bridgehead atoms. The van der Waals surface area contributed by atoms with Crippen molar-refractivity contribution >= 4 is 5.97 Å². The number of carbonyl (C=O) groups is 1. The molecule has 1 aromatic rings. The van der Waals surface area contributed by atoms with Crippen LogP contribution < -0.4 is 5.90 Å². The van der Waals surface area contributed by atoms with Gasteiger partial charge in [-0.05, 0) is 11.0 Å². The summed E-state index contributed by atoms with van der Waals surface area (Å²) in [5.41, 5.74) is 0.720. The molecule has 0 saturated heterocycles. The van der Waals surface area contributed by atoms with Crippen molar-refractivity contribution in [2.24, 2.45) is 11.3 Å². The molecule has 1 rings (SSSR count). The van der Waals surface area contributed by atoms with Crippen LogP contribution in [-0.2, 0) is 9.63 Å². The topological polar surface area (TPSA) is 52.3 Å². The third-order valence-corrected chi connectivity index (χ3v) is 2.35. The van der Waals surface area contributed by atoms with Gasteiger partial charge in [0, 0.05) is 0 Å². The molecule has 0 aliphatic carbocycles. The summed E-state index contributed by atoms with van der Waals surface area (Å²) in [4.78, 5) is 16.0. The van der Waals surface area contributed by atoms with Gasteiger partial charge in [-0.1, -0.05) is 51.1 Å². The molecule has 0 spiro atoms. The molecule has 1 atom stereocenters. The van der Waals surface area contributed by atoms with Gasteiger partial charge < -0.3 is 4.84 Å². The minimum atomic E-state index is -0.395. The van der Waals surface area contributed by atoms with Gasteiger partial charge in [-0.25, -0.2) is 4.79 Å². The summed E-state index contributed by atoms with van der Waals surface area (Å²) < 4.78 is 0. The Morgan fingerprint density at radius 2 is 1.80 bits per heavy atom. The van der Waals surface area contributed by atoms with Gasteiger partial charge in [-0.3, -0.25) is 0 Å². The van der Waals surface area contributed by atoms with E-state index < -0.39 is 5.97 Å². The number of benzene rings is 1. The summed E-state index contributed by atoms with van der Waals surface area (Å²) in [5.74, 6) is 4.23. The number of rotatable bonds is 2. The quantitative estimate of drug-likeness (QED) is 0.756. The van der Waals surface area contributed by atoms with E-state index in [4.69, 9.17) is 5.90 Å². The van der Waals surface area contributed by atoms with Gasteiger partial charge in [0.15, 0.2) is 0 Å². The van der Waals surface area contributed by atoms with Crippen LogP contribution in [0.2, 0.25) is 0 Å². The summed E-state index contributed by atoms with van der Waals surface area (Å²) in [6.45, 7) is 5.96. The van der Waals surface area contributed by atoms with Crippen molar-refractivity contribution in [2.45, 2.75) is 26.7 Å². The van der Waals surface area contributed by atoms with E-state index in [1.807, 2.05) is 51.1 Å². The van der Waals surface area contributed by atoms with Crippen LogP contribution in [0.15, 0.2) is 30.3 Å². The van der Waals surface area contributed by atoms with E-state index in [2.05, 4.69) is 4.84 Å². The molecule has 0 aromatic heterocycles. The lowest BCUT2D eigenvalue weighted by atomic mass is 9.76. The molecule has 1 unspecified atom stereocenters. The Labute approximate surface area is 90.2 Å². The lowest BCUT2D eigenvalue weighted by Crippen LogP contribution is -2.29. The number of hydrogen-bond acceptors (Lipinski definition) is 3. The van der Waals surface area contributed by atoms with E-state index in [9.17, 15) is 4.79 Å². The van der Waals surface area contributed by atoms with Gasteiger partial charge in [-0.15, -0.1) is 0 Å². The first-order valence-corrected chi connectivity index (χ1v) is 4.92. The molecule has 0 aliphatic rings. The fourth-order valence-electron chi connectivity index (χ4n) is 1.70. The zero-order chi connectivity index (χ0) is 11.5. The smallest absolute Gasteiger partial charge is 0.332 e. The van der Waals surface area contributed by atoms with Crippen molar-refractivity contribution in [3.05, 3.63) is 35.9 Å². The average molecular weight is 207 g/mol. The predicted molar refractivity (Wildman–Crippen MR) is 58.9 cm³/mol. The largest absolute Gasteiger partial charge is 0.373 e. The summed E-state index contributed by atoms with van der Waals surface area (Å²) >= 11 is 0. The fourth-order valence-corrected chi connectivity index (χ4v) is 1.70. The van der Waals surface area contributed by atoms with E-state index >= 15 is 0 Å². The summed E-state index contributed by atoms with van der Waals surface area (Å²) in [7, 11) is 0. The lowest BCUT2D eigenvalue weighted by molar-refractivity contribution is -0.148. The van der Waals surface area contributed by atoms with Crippen molar-refractivity contribution in [2.75, 3.05) is 0 Å². The third-order valence-electron chi connectivity index (χ3n) is 2.35. The van der Waals surface area contributed by atoms with E-state index in [-0.39, 0.29) is 11.3 Å². The van der Waals surface area contributed by atoms with Crippen LogP contribution in [0.3, 0.4) is 0 Å². The first-order valence-electron chi connectivity index (χ1n) is 4.92. The molecule has 82 valence electrons. The molecular formula is C12H17NO2. The molecular weight excluding hydrogens is 190 g/mol. The van der Waals surface area contributed by atoms with E-state index in [1.54, 1.807) is 0 Å². The van der Waals surface area contributed by atoms with Gasteiger partial charge >= 0.3 is 5.97 Å². The average Bonchev–Trinajstić information content (AvgIpc) is 2.17. The van der Waals surface area contributed by atoms with Crippen LogP contribution in [0.4, 0.5) is 0 Å². The molecule has 0 radical (unpaired) electrons. The Kier molecular flexibility index (Phi) is 3.48. The van der Waals surface area contributed by atoms with Crippen molar-refractivity contribution in [1.29, 1.82) is 0 Å². The lowest BCUT2D eigenvalue weighted by Gasteiger charge is -2.28. The predicted octanol–water partition coefficient (Wildman–Crippen LogP) is 2.23. The normalized spacial score (nSPS) is 13.3. The van der Waals surface area contributed by atoms with Crippen LogP contribution in [0, 0.1) is 5.41 Å². The van der Waals surface area contributed by atoms with Gasteiger partial charge in [0.25, 0.3) is 0 Å². The molecule has 2 N–H and O–H groups in total. The molecule has 0 aliphatic heterocycles. The van der Waals surface area contributed by atoms with Crippen molar-refractivity contribution < 1.29 is 9.63 Å². The van der Waals surface area contributed by atoms with Crippen molar-refractivity contribution in [1.82, 2.24) is 0 Å². The van der Waals surface area contributed by atoms with Gasteiger partial charge in [0.1, 0.15) is 0 Å². The number of nitrogens with two attached hydrogens (primary N) is 1. The summed E-state index contributed by atoms with van der Waals surface area (Å²) in [6, 6.07) is 9.53. The zero-order valence-corrected chi connectivity index (χ0v) is 9.36. The first kappa shape index (κ1) is 11.7. The highest BCUT2D eigenvalue weighted by atomic mass is 16.7. The highest BCUT2D eigenvalue weighted by Gasteiger charge is 2.33. The Balaban J connectivity index is 3.08. The van der Waals surface area contributed by atoms with Gasteiger partial charge in [-0.2, -0.15) is 5.90 Å². The Morgan fingerprint density at radius 1 is 1.27 bits per heavy atom. The Morgan fingerprint density at radius 3 is 2.20 bits per heavy atom. The van der Waals surface area contributed by atoms with Crippen LogP contribution in [0.25, 0.3) is 0 Å².